The van der Waals surface area contributed by atoms with E-state index in [1.807, 2.05) is 0 Å². The van der Waals surface area contributed by atoms with E-state index in [0.29, 0.717) is 16.7 Å². The molecule has 4 aliphatic carbocycles. The minimum Gasteiger partial charge on any atom is -0.393 e. The fraction of sp³-hybridized carbons (Fsp3) is 1.00. The normalized spacial score (nSPS) is 58.6. The van der Waals surface area contributed by atoms with Gasteiger partial charge in [-0.25, -0.2) is 0 Å². The molecule has 114 valence electrons. The molecule has 1 nitrogen and oxygen atoms in total. The summed E-state index contributed by atoms with van der Waals surface area (Å²) in [6, 6.07) is 0. The predicted molar refractivity (Wildman–Crippen MR) is 82.4 cm³/mol. The van der Waals surface area contributed by atoms with Crippen molar-refractivity contribution in [3.05, 3.63) is 0 Å². The topological polar surface area (TPSA) is 20.2 Å². The Morgan fingerprint density at radius 2 is 1.60 bits per heavy atom. The van der Waals surface area contributed by atoms with E-state index >= 15 is 0 Å². The summed E-state index contributed by atoms with van der Waals surface area (Å²) < 4.78 is 0. The molecule has 4 rings (SSSR count). The van der Waals surface area contributed by atoms with Gasteiger partial charge in [0.2, 0.25) is 0 Å². The Balaban J connectivity index is 1.68. The summed E-state index contributed by atoms with van der Waals surface area (Å²) >= 11 is 0. The molecule has 0 bridgehead atoms. The summed E-state index contributed by atoms with van der Waals surface area (Å²) in [4.78, 5) is 0. The van der Waals surface area contributed by atoms with Crippen molar-refractivity contribution in [2.75, 3.05) is 0 Å². The Bertz CT molecular complexity index is 391. The highest BCUT2D eigenvalue weighted by atomic mass is 16.3. The monoisotopic (exact) mass is 276 g/mol. The molecule has 0 aromatic heterocycles. The molecule has 1 N–H and O–H groups in total. The molecule has 4 fully saturated rings. The first kappa shape index (κ1) is 13.6. The molecule has 4 saturated carbocycles. The highest BCUT2D eigenvalue weighted by Crippen LogP contribution is 2.66. The van der Waals surface area contributed by atoms with Gasteiger partial charge in [0.15, 0.2) is 0 Å². The summed E-state index contributed by atoms with van der Waals surface area (Å²) in [7, 11) is 0. The van der Waals surface area contributed by atoms with Gasteiger partial charge in [0, 0.05) is 0 Å². The zero-order chi connectivity index (χ0) is 14.0. The van der Waals surface area contributed by atoms with Crippen molar-refractivity contribution in [2.45, 2.75) is 84.2 Å². The van der Waals surface area contributed by atoms with Gasteiger partial charge in [0.05, 0.1) is 6.10 Å². The lowest BCUT2D eigenvalue weighted by molar-refractivity contribution is -0.153. The molecule has 1 unspecified atom stereocenters. The van der Waals surface area contributed by atoms with Gasteiger partial charge < -0.3 is 5.11 Å². The first-order valence-electron chi connectivity index (χ1n) is 9.23. The molecule has 0 aromatic carbocycles. The predicted octanol–water partition coefficient (Wildman–Crippen LogP) is 4.78. The van der Waals surface area contributed by atoms with Gasteiger partial charge in [0.1, 0.15) is 0 Å². The maximum Gasteiger partial charge on any atom is 0.0576 e. The number of fused-ring (bicyclic) bond motifs is 5. The molecule has 7 atom stereocenters. The average Bonchev–Trinajstić information content (AvgIpc) is 2.81. The molecule has 1 heteroatoms. The van der Waals surface area contributed by atoms with E-state index in [2.05, 4.69) is 13.8 Å². The van der Waals surface area contributed by atoms with Gasteiger partial charge in [-0.05, 0) is 79.4 Å². The van der Waals surface area contributed by atoms with Crippen molar-refractivity contribution in [3.63, 3.8) is 0 Å². The Hall–Kier alpha value is -0.0400. The summed E-state index contributed by atoms with van der Waals surface area (Å²) in [5.74, 6) is 3.30. The Kier molecular flexibility index (Phi) is 3.05. The molecule has 0 aliphatic heterocycles. The summed E-state index contributed by atoms with van der Waals surface area (Å²) in [6.07, 6.45) is 13.9. The lowest BCUT2D eigenvalue weighted by atomic mass is 9.45. The van der Waals surface area contributed by atoms with Crippen LogP contribution in [0.15, 0.2) is 0 Å². The number of aliphatic hydroxyl groups is 1. The minimum atomic E-state index is 0.00417. The van der Waals surface area contributed by atoms with Crippen LogP contribution in [0.1, 0.15) is 78.1 Å². The third kappa shape index (κ3) is 1.71. The second kappa shape index (κ2) is 4.48. The van der Waals surface area contributed by atoms with E-state index in [-0.39, 0.29) is 6.10 Å². The van der Waals surface area contributed by atoms with E-state index in [1.54, 1.807) is 0 Å². The first-order chi connectivity index (χ1) is 9.55. The Morgan fingerprint density at radius 1 is 0.800 bits per heavy atom. The van der Waals surface area contributed by atoms with Crippen LogP contribution in [-0.2, 0) is 0 Å². The third-order valence-electron chi connectivity index (χ3n) is 8.37. The van der Waals surface area contributed by atoms with Gasteiger partial charge in [0.25, 0.3) is 0 Å². The molecular weight excluding hydrogens is 244 g/mol. The Labute approximate surface area is 124 Å². The van der Waals surface area contributed by atoms with E-state index in [0.717, 1.165) is 24.2 Å². The van der Waals surface area contributed by atoms with Crippen molar-refractivity contribution in [2.24, 2.45) is 34.5 Å². The third-order valence-corrected chi connectivity index (χ3v) is 8.37. The fourth-order valence-corrected chi connectivity index (χ4v) is 7.35. The van der Waals surface area contributed by atoms with Gasteiger partial charge in [-0.15, -0.1) is 0 Å². The van der Waals surface area contributed by atoms with Crippen LogP contribution in [0.2, 0.25) is 0 Å². The zero-order valence-electron chi connectivity index (χ0n) is 13.4. The van der Waals surface area contributed by atoms with Crippen molar-refractivity contribution < 1.29 is 5.11 Å². The molecule has 0 saturated heterocycles. The lowest BCUT2D eigenvalue weighted by Gasteiger charge is -2.61. The van der Waals surface area contributed by atoms with Gasteiger partial charge in [-0.1, -0.05) is 33.1 Å². The average molecular weight is 276 g/mol. The van der Waals surface area contributed by atoms with Crippen LogP contribution >= 0.6 is 0 Å². The van der Waals surface area contributed by atoms with Crippen LogP contribution in [0, 0.1) is 34.5 Å². The molecule has 0 heterocycles. The molecule has 0 amide bonds. The minimum absolute atomic E-state index is 0.00417. The SMILES string of the molecule is C[C@@]12CCC[C@H]1[C@@H]1C[C@@H](O)C3CCCC[C@]3(C)[C@H]1CC2. The van der Waals surface area contributed by atoms with Gasteiger partial charge in [-0.2, -0.15) is 0 Å². The van der Waals surface area contributed by atoms with Crippen molar-refractivity contribution >= 4 is 0 Å². The van der Waals surface area contributed by atoms with Crippen molar-refractivity contribution in [1.82, 2.24) is 0 Å². The Morgan fingerprint density at radius 3 is 2.45 bits per heavy atom. The highest BCUT2D eigenvalue weighted by molar-refractivity contribution is 5.08. The summed E-state index contributed by atoms with van der Waals surface area (Å²) in [5.41, 5.74) is 1.09. The van der Waals surface area contributed by atoms with Crippen LogP contribution in [0.4, 0.5) is 0 Å². The van der Waals surface area contributed by atoms with Crippen LogP contribution < -0.4 is 0 Å². The van der Waals surface area contributed by atoms with Crippen LogP contribution in [0.3, 0.4) is 0 Å². The van der Waals surface area contributed by atoms with Gasteiger partial charge >= 0.3 is 0 Å². The van der Waals surface area contributed by atoms with Crippen LogP contribution in [-0.4, -0.2) is 11.2 Å². The van der Waals surface area contributed by atoms with Crippen LogP contribution in [0.25, 0.3) is 0 Å². The standard InChI is InChI=1S/C19H32O/c1-18-9-5-7-14(18)13-12-17(20)16-6-3-4-10-19(16,2)15(13)8-11-18/h13-17,20H,3-12H2,1-2H3/t13-,14-,15-,16?,17+,18-,19+/m0/s1. The quantitative estimate of drug-likeness (QED) is 0.675. The lowest BCUT2D eigenvalue weighted by Crippen LogP contribution is -2.56. The summed E-state index contributed by atoms with van der Waals surface area (Å²) in [6.45, 7) is 5.11. The molecule has 0 aromatic rings. The first-order valence-corrected chi connectivity index (χ1v) is 9.23. The van der Waals surface area contributed by atoms with Gasteiger partial charge in [-0.3, -0.25) is 0 Å². The molecular formula is C19H32O. The highest BCUT2D eigenvalue weighted by Gasteiger charge is 2.59. The maximum absolute atomic E-state index is 10.8. The second-order valence-electron chi connectivity index (χ2n) is 9.12. The zero-order valence-corrected chi connectivity index (χ0v) is 13.4. The largest absolute Gasteiger partial charge is 0.393 e. The number of rotatable bonds is 0. The molecule has 4 aliphatic rings. The second-order valence-corrected chi connectivity index (χ2v) is 9.12. The molecule has 20 heavy (non-hydrogen) atoms. The maximum atomic E-state index is 10.8. The number of hydrogen-bond acceptors (Lipinski definition) is 1. The van der Waals surface area contributed by atoms with Crippen LogP contribution in [0.5, 0.6) is 0 Å². The van der Waals surface area contributed by atoms with Crippen molar-refractivity contribution in [3.8, 4) is 0 Å². The van der Waals surface area contributed by atoms with E-state index in [9.17, 15) is 5.11 Å². The summed E-state index contributed by atoms with van der Waals surface area (Å²) in [5, 5.41) is 10.8. The van der Waals surface area contributed by atoms with E-state index < -0.39 is 0 Å². The fourth-order valence-electron chi connectivity index (χ4n) is 7.35. The molecule has 0 radical (unpaired) electrons. The number of aliphatic hydroxyl groups excluding tert-OH is 1. The molecule has 0 spiro atoms. The van der Waals surface area contributed by atoms with E-state index in [4.69, 9.17) is 0 Å². The van der Waals surface area contributed by atoms with Crippen molar-refractivity contribution in [1.29, 1.82) is 0 Å². The van der Waals surface area contributed by atoms with E-state index in [1.165, 1.54) is 57.8 Å². The smallest absolute Gasteiger partial charge is 0.0576 e. The number of hydrogen-bond donors (Lipinski definition) is 1.